The highest BCUT2D eigenvalue weighted by Gasteiger charge is 2.05. The predicted octanol–water partition coefficient (Wildman–Crippen LogP) is 2.23. The minimum atomic E-state index is -0.467. The van der Waals surface area contributed by atoms with Gasteiger partial charge in [-0.3, -0.25) is 4.79 Å². The number of hydrogen-bond acceptors (Lipinski definition) is 1. The van der Waals surface area contributed by atoms with Crippen LogP contribution in [-0.4, -0.2) is 5.91 Å². The van der Waals surface area contributed by atoms with Crippen molar-refractivity contribution in [3.8, 4) is 0 Å². The highest BCUT2D eigenvalue weighted by molar-refractivity contribution is 6.31. The van der Waals surface area contributed by atoms with Crippen molar-refractivity contribution in [1.29, 1.82) is 0 Å². The number of primary amides is 1. The van der Waals surface area contributed by atoms with Crippen molar-refractivity contribution in [2.75, 3.05) is 0 Å². The molecule has 0 saturated heterocycles. The summed E-state index contributed by atoms with van der Waals surface area (Å²) in [6.45, 7) is 1.63. The quantitative estimate of drug-likeness (QED) is 0.763. The van der Waals surface area contributed by atoms with E-state index in [-0.39, 0.29) is 0 Å². The molecule has 0 aliphatic rings. The van der Waals surface area contributed by atoms with Gasteiger partial charge in [0.1, 0.15) is 0 Å². The predicted molar refractivity (Wildman–Crippen MR) is 57.9 cm³/mol. The Bertz CT molecular complexity index is 357. The van der Waals surface area contributed by atoms with Gasteiger partial charge in [0.05, 0.1) is 0 Å². The first-order chi connectivity index (χ1) is 6.61. The maximum atomic E-state index is 10.8. The molecule has 2 nitrogen and oxygen atoms in total. The average Bonchev–Trinajstić information content (AvgIpc) is 2.18. The van der Waals surface area contributed by atoms with Crippen LogP contribution in [-0.2, 0) is 11.2 Å². The molecule has 0 bridgehead atoms. The minimum Gasteiger partial charge on any atom is -0.366 e. The molecule has 1 amide bonds. The van der Waals surface area contributed by atoms with Gasteiger partial charge in [0, 0.05) is 17.0 Å². The van der Waals surface area contributed by atoms with E-state index in [4.69, 9.17) is 17.3 Å². The molecule has 0 aromatic heterocycles. The summed E-state index contributed by atoms with van der Waals surface area (Å²) in [7, 11) is 0. The normalized spacial score (nSPS) is 12.1. The zero-order chi connectivity index (χ0) is 10.6. The van der Waals surface area contributed by atoms with Gasteiger partial charge in [-0.15, -0.1) is 0 Å². The molecule has 1 aromatic carbocycles. The molecule has 0 radical (unpaired) electrons. The van der Waals surface area contributed by atoms with Crippen LogP contribution in [0.2, 0.25) is 0 Å². The van der Waals surface area contributed by atoms with Crippen molar-refractivity contribution in [3.63, 3.8) is 0 Å². The number of amides is 1. The fourth-order valence-electron chi connectivity index (χ4n) is 1.04. The lowest BCUT2D eigenvalue weighted by Gasteiger charge is -2.02. The van der Waals surface area contributed by atoms with E-state index in [1.165, 1.54) is 0 Å². The van der Waals surface area contributed by atoms with Crippen LogP contribution in [0.4, 0.5) is 0 Å². The molecule has 0 fully saturated rings. The number of carbonyl (C=O) groups excluding carboxylic acids is 1. The lowest BCUT2D eigenvalue weighted by atomic mass is 10.1. The summed E-state index contributed by atoms with van der Waals surface area (Å²) in [5.74, 6) is -0.467. The average molecular weight is 210 g/mol. The summed E-state index contributed by atoms with van der Waals surface area (Å²) in [6.07, 6.45) is 0.553. The van der Waals surface area contributed by atoms with Crippen LogP contribution in [0, 0.1) is 0 Å². The van der Waals surface area contributed by atoms with Gasteiger partial charge in [-0.1, -0.05) is 41.9 Å². The summed E-state index contributed by atoms with van der Waals surface area (Å²) >= 11 is 5.94. The monoisotopic (exact) mass is 209 g/mol. The second kappa shape index (κ2) is 4.82. The molecule has 1 rings (SSSR count). The second-order valence-corrected chi connectivity index (χ2v) is 3.51. The van der Waals surface area contributed by atoms with Gasteiger partial charge in [0.25, 0.3) is 0 Å². The van der Waals surface area contributed by atoms with E-state index in [1.807, 2.05) is 30.3 Å². The van der Waals surface area contributed by atoms with Crippen LogP contribution in [0.3, 0.4) is 0 Å². The molecule has 0 atom stereocenters. The lowest BCUT2D eigenvalue weighted by molar-refractivity contribution is -0.114. The van der Waals surface area contributed by atoms with Gasteiger partial charge in [-0.05, 0) is 12.5 Å². The first-order valence-electron chi connectivity index (χ1n) is 4.30. The molecule has 0 aliphatic heterocycles. The first kappa shape index (κ1) is 10.8. The molecule has 0 unspecified atom stereocenters. The Labute approximate surface area is 88.4 Å². The molecule has 2 N–H and O–H groups in total. The van der Waals surface area contributed by atoms with Crippen molar-refractivity contribution in [1.82, 2.24) is 0 Å². The van der Waals surface area contributed by atoms with E-state index >= 15 is 0 Å². The standard InChI is InChI=1S/C11H12ClNO/c1-8(11(13)14)10(12)7-9-5-3-2-4-6-9/h2-6H,7H2,1H3,(H2,13,14). The van der Waals surface area contributed by atoms with Crippen molar-refractivity contribution in [2.45, 2.75) is 13.3 Å². The molecule has 14 heavy (non-hydrogen) atoms. The number of allylic oxidation sites excluding steroid dienone is 1. The molecule has 0 heterocycles. The zero-order valence-corrected chi connectivity index (χ0v) is 8.71. The van der Waals surface area contributed by atoms with Crippen LogP contribution in [0.15, 0.2) is 40.9 Å². The highest BCUT2D eigenvalue weighted by Crippen LogP contribution is 2.15. The number of halogens is 1. The van der Waals surface area contributed by atoms with E-state index in [9.17, 15) is 4.79 Å². The topological polar surface area (TPSA) is 43.1 Å². The van der Waals surface area contributed by atoms with Gasteiger partial charge in [-0.2, -0.15) is 0 Å². The summed E-state index contributed by atoms with van der Waals surface area (Å²) in [4.78, 5) is 10.8. The molecular weight excluding hydrogens is 198 g/mol. The Morgan fingerprint density at radius 3 is 2.43 bits per heavy atom. The maximum absolute atomic E-state index is 10.8. The number of benzene rings is 1. The van der Waals surface area contributed by atoms with Crippen molar-refractivity contribution < 1.29 is 4.79 Å². The van der Waals surface area contributed by atoms with E-state index < -0.39 is 5.91 Å². The second-order valence-electron chi connectivity index (χ2n) is 3.06. The largest absolute Gasteiger partial charge is 0.366 e. The molecule has 3 heteroatoms. The van der Waals surface area contributed by atoms with Crippen LogP contribution in [0.1, 0.15) is 12.5 Å². The lowest BCUT2D eigenvalue weighted by Crippen LogP contribution is -2.13. The smallest absolute Gasteiger partial charge is 0.245 e. The Morgan fingerprint density at radius 1 is 1.36 bits per heavy atom. The Balaban J connectivity index is 2.80. The fraction of sp³-hybridized carbons (Fsp3) is 0.182. The molecule has 74 valence electrons. The van der Waals surface area contributed by atoms with Gasteiger partial charge in [0.2, 0.25) is 5.91 Å². The van der Waals surface area contributed by atoms with Gasteiger partial charge in [-0.25, -0.2) is 0 Å². The summed E-state index contributed by atoms with van der Waals surface area (Å²) in [6, 6.07) is 9.70. The van der Waals surface area contributed by atoms with Crippen LogP contribution >= 0.6 is 11.6 Å². The zero-order valence-electron chi connectivity index (χ0n) is 7.96. The summed E-state index contributed by atoms with van der Waals surface area (Å²) in [5, 5.41) is 0.503. The molecular formula is C11H12ClNO. The Hall–Kier alpha value is -1.28. The van der Waals surface area contributed by atoms with E-state index in [0.717, 1.165) is 5.56 Å². The third-order valence-electron chi connectivity index (χ3n) is 1.98. The number of rotatable bonds is 3. The number of nitrogens with two attached hydrogens (primary N) is 1. The molecule has 1 aromatic rings. The van der Waals surface area contributed by atoms with Crippen LogP contribution in [0.25, 0.3) is 0 Å². The number of hydrogen-bond donors (Lipinski definition) is 1. The van der Waals surface area contributed by atoms with E-state index in [2.05, 4.69) is 0 Å². The van der Waals surface area contributed by atoms with Crippen molar-refractivity contribution in [3.05, 3.63) is 46.5 Å². The molecule has 0 aliphatic carbocycles. The fourth-order valence-corrected chi connectivity index (χ4v) is 1.29. The third-order valence-corrected chi connectivity index (χ3v) is 2.40. The molecule has 0 saturated carbocycles. The minimum absolute atomic E-state index is 0.426. The van der Waals surface area contributed by atoms with E-state index in [1.54, 1.807) is 6.92 Å². The van der Waals surface area contributed by atoms with Crippen molar-refractivity contribution in [2.24, 2.45) is 5.73 Å². The molecule has 0 spiro atoms. The summed E-state index contributed by atoms with van der Waals surface area (Å²) < 4.78 is 0. The van der Waals surface area contributed by atoms with Gasteiger partial charge >= 0.3 is 0 Å². The van der Waals surface area contributed by atoms with E-state index in [0.29, 0.717) is 17.0 Å². The third kappa shape index (κ3) is 2.89. The summed E-state index contributed by atoms with van der Waals surface area (Å²) in [5.41, 5.74) is 6.60. The Morgan fingerprint density at radius 2 is 1.93 bits per heavy atom. The Kier molecular flexibility index (Phi) is 3.72. The highest BCUT2D eigenvalue weighted by atomic mass is 35.5. The van der Waals surface area contributed by atoms with Crippen LogP contribution < -0.4 is 5.73 Å². The number of carbonyl (C=O) groups is 1. The maximum Gasteiger partial charge on any atom is 0.245 e. The van der Waals surface area contributed by atoms with Gasteiger partial charge < -0.3 is 5.73 Å². The SMILES string of the molecule is CC(C(N)=O)=C(Cl)Cc1ccccc1. The van der Waals surface area contributed by atoms with Crippen molar-refractivity contribution >= 4 is 17.5 Å². The first-order valence-corrected chi connectivity index (χ1v) is 4.68. The van der Waals surface area contributed by atoms with Crippen LogP contribution in [0.5, 0.6) is 0 Å². The van der Waals surface area contributed by atoms with Gasteiger partial charge in [0.15, 0.2) is 0 Å².